The number of hydrogen-bond acceptors (Lipinski definition) is 2. The first-order chi connectivity index (χ1) is 14.1. The number of aryl methyl sites for hydroxylation is 1. The maximum absolute atomic E-state index is 4.70. The van der Waals surface area contributed by atoms with Gasteiger partial charge in [0.05, 0.1) is 11.4 Å². The van der Waals surface area contributed by atoms with Crippen molar-refractivity contribution in [2.45, 2.75) is 7.43 Å². The Morgan fingerprint density at radius 1 is 0.733 bits per heavy atom. The average molecular weight is 393 g/mol. The summed E-state index contributed by atoms with van der Waals surface area (Å²) < 4.78 is 2.17. The molecule has 4 rings (SSSR count). The molecule has 0 atom stereocenters. The molecule has 0 saturated carbocycles. The van der Waals surface area contributed by atoms with Crippen molar-refractivity contribution in [1.29, 1.82) is 0 Å². The number of benzene rings is 3. The van der Waals surface area contributed by atoms with Crippen LogP contribution in [0.3, 0.4) is 0 Å². The number of aromatic nitrogens is 1. The van der Waals surface area contributed by atoms with Gasteiger partial charge in [0.2, 0.25) is 11.0 Å². The molecule has 4 aromatic rings. The maximum atomic E-state index is 4.70. The third kappa shape index (κ3) is 3.96. The fourth-order valence-electron chi connectivity index (χ4n) is 3.53. The number of nitrogens with zero attached hydrogens (tertiary/aromatic N) is 3. The zero-order chi connectivity index (χ0) is 20.4. The lowest BCUT2D eigenvalue weighted by molar-refractivity contribution is -0.617. The predicted molar refractivity (Wildman–Crippen MR) is 132 cm³/mol. The maximum Gasteiger partial charge on any atom is 0.214 e. The summed E-state index contributed by atoms with van der Waals surface area (Å²) >= 11 is 0. The topological polar surface area (TPSA) is 28.6 Å². The van der Waals surface area contributed by atoms with E-state index in [1.807, 2.05) is 36.6 Å². The first-order valence-electron chi connectivity index (χ1n) is 9.38. The van der Waals surface area contributed by atoms with Gasteiger partial charge in [-0.25, -0.2) is 0 Å². The molecule has 0 amide bonds. The highest BCUT2D eigenvalue weighted by atomic mass is 14.9. The highest BCUT2D eigenvalue weighted by molar-refractivity contribution is 5.92. The lowest BCUT2D eigenvalue weighted by Gasteiger charge is -2.04. The van der Waals surface area contributed by atoms with Gasteiger partial charge in [0.15, 0.2) is 0 Å². The fourth-order valence-corrected chi connectivity index (χ4v) is 3.53. The zero-order valence-electron chi connectivity index (χ0n) is 16.5. The number of pyridine rings is 1. The van der Waals surface area contributed by atoms with Crippen LogP contribution in [0.25, 0.3) is 34.0 Å². The Labute approximate surface area is 178 Å². The van der Waals surface area contributed by atoms with E-state index in [0.717, 1.165) is 39.1 Å². The summed E-state index contributed by atoms with van der Waals surface area (Å²) in [5.41, 5.74) is 7.09. The third-order valence-electron chi connectivity index (χ3n) is 5.08. The monoisotopic (exact) mass is 392 g/mol. The van der Waals surface area contributed by atoms with E-state index < -0.39 is 0 Å². The van der Waals surface area contributed by atoms with Gasteiger partial charge >= 0.3 is 0 Å². The molecule has 0 fully saturated rings. The number of aliphatic imine (C=N–C) groups is 2. The van der Waals surface area contributed by atoms with Crippen LogP contribution in [0.4, 0.5) is 11.4 Å². The Hall–Kier alpha value is -3.85. The van der Waals surface area contributed by atoms with Crippen molar-refractivity contribution < 1.29 is 4.57 Å². The van der Waals surface area contributed by atoms with Crippen molar-refractivity contribution in [3.63, 3.8) is 0 Å². The largest absolute Gasteiger partial charge is 0.264 e. The van der Waals surface area contributed by atoms with Crippen molar-refractivity contribution in [1.82, 2.24) is 0 Å². The molecule has 0 saturated heterocycles. The van der Waals surface area contributed by atoms with Gasteiger partial charge in [0, 0.05) is 29.1 Å². The van der Waals surface area contributed by atoms with Gasteiger partial charge in [-0.1, -0.05) is 32.7 Å². The summed E-state index contributed by atoms with van der Waals surface area (Å²) in [7, 11) is 2.06. The van der Waals surface area contributed by atoms with E-state index in [-0.39, 0.29) is 7.43 Å². The van der Waals surface area contributed by atoms with Crippen LogP contribution in [-0.2, 0) is 7.05 Å². The van der Waals surface area contributed by atoms with Crippen molar-refractivity contribution in [3.05, 3.63) is 90.5 Å². The standard InChI is InChI=1S/C26H22N3.CH4/c1-5-18-11-19(6-2)13-20(12-18)17-28-24-10-8-22-14-21-7-9-23(27-3)15-25(21)29(4)26(22)16-24;/h5-17H,1-3H2,4H3;1H4/q+1;. The van der Waals surface area contributed by atoms with E-state index in [2.05, 4.69) is 78.9 Å². The quantitative estimate of drug-likeness (QED) is 0.202. The zero-order valence-corrected chi connectivity index (χ0v) is 16.5. The smallest absolute Gasteiger partial charge is 0.214 e. The lowest BCUT2D eigenvalue weighted by Crippen LogP contribution is -2.29. The Morgan fingerprint density at radius 3 is 1.83 bits per heavy atom. The Bertz CT molecular complexity index is 1290. The summed E-state index contributed by atoms with van der Waals surface area (Å²) in [6.45, 7) is 11.3. The van der Waals surface area contributed by atoms with Gasteiger partial charge in [-0.3, -0.25) is 9.98 Å². The Kier molecular flexibility index (Phi) is 6.03. The average Bonchev–Trinajstić information content (AvgIpc) is 2.77. The van der Waals surface area contributed by atoms with Gasteiger partial charge < -0.3 is 0 Å². The lowest BCUT2D eigenvalue weighted by atomic mass is 10.1. The van der Waals surface area contributed by atoms with Crippen LogP contribution < -0.4 is 4.57 Å². The Balaban J connectivity index is 0.00000256. The van der Waals surface area contributed by atoms with Crippen LogP contribution >= 0.6 is 0 Å². The molecule has 148 valence electrons. The minimum Gasteiger partial charge on any atom is -0.264 e. The van der Waals surface area contributed by atoms with E-state index in [4.69, 9.17) is 4.99 Å². The summed E-state index contributed by atoms with van der Waals surface area (Å²) in [6.07, 6.45) is 5.54. The van der Waals surface area contributed by atoms with E-state index in [0.29, 0.717) is 0 Å². The predicted octanol–water partition coefficient (Wildman–Crippen LogP) is 6.82. The van der Waals surface area contributed by atoms with Crippen molar-refractivity contribution >= 4 is 58.3 Å². The minimum atomic E-state index is 0. The molecule has 0 aliphatic carbocycles. The molecule has 0 aliphatic rings. The molecule has 3 aromatic carbocycles. The van der Waals surface area contributed by atoms with Crippen LogP contribution in [0.5, 0.6) is 0 Å². The molecule has 0 bridgehead atoms. The van der Waals surface area contributed by atoms with Crippen LogP contribution in [0.15, 0.2) is 83.8 Å². The van der Waals surface area contributed by atoms with Gasteiger partial charge in [-0.15, -0.1) is 0 Å². The highest BCUT2D eigenvalue weighted by Crippen LogP contribution is 2.25. The Morgan fingerprint density at radius 2 is 1.27 bits per heavy atom. The van der Waals surface area contributed by atoms with Crippen molar-refractivity contribution in [2.24, 2.45) is 17.0 Å². The summed E-state index contributed by atoms with van der Waals surface area (Å²) in [5, 5.41) is 2.34. The number of fused-ring (bicyclic) bond motifs is 2. The molecule has 0 radical (unpaired) electrons. The van der Waals surface area contributed by atoms with Gasteiger partial charge in [0.1, 0.15) is 7.05 Å². The molecule has 1 heterocycles. The van der Waals surface area contributed by atoms with Crippen LogP contribution in [0.2, 0.25) is 0 Å². The normalized spacial score (nSPS) is 10.8. The second-order valence-corrected chi connectivity index (χ2v) is 6.95. The summed E-state index contributed by atoms with van der Waals surface area (Å²) in [6, 6.07) is 20.7. The fraction of sp³-hybridized carbons (Fsp3) is 0.0741. The molecular weight excluding hydrogens is 366 g/mol. The van der Waals surface area contributed by atoms with Gasteiger partial charge in [0.25, 0.3) is 0 Å². The molecule has 3 nitrogen and oxygen atoms in total. The molecule has 3 heteroatoms. The molecule has 0 unspecified atom stereocenters. The van der Waals surface area contributed by atoms with Crippen LogP contribution in [0.1, 0.15) is 24.1 Å². The van der Waals surface area contributed by atoms with Crippen molar-refractivity contribution in [2.75, 3.05) is 0 Å². The first-order valence-corrected chi connectivity index (χ1v) is 9.38. The minimum absolute atomic E-state index is 0. The number of hydrogen-bond donors (Lipinski definition) is 0. The second-order valence-electron chi connectivity index (χ2n) is 6.95. The van der Waals surface area contributed by atoms with Crippen LogP contribution in [-0.4, -0.2) is 12.9 Å². The van der Waals surface area contributed by atoms with E-state index >= 15 is 0 Å². The van der Waals surface area contributed by atoms with Crippen molar-refractivity contribution in [3.8, 4) is 0 Å². The van der Waals surface area contributed by atoms with Crippen LogP contribution in [0, 0.1) is 0 Å². The first kappa shape index (κ1) is 20.9. The molecule has 1 aromatic heterocycles. The molecule has 30 heavy (non-hydrogen) atoms. The van der Waals surface area contributed by atoms with E-state index in [9.17, 15) is 0 Å². The van der Waals surface area contributed by atoms with Gasteiger partial charge in [-0.2, -0.15) is 4.57 Å². The number of rotatable bonds is 5. The summed E-state index contributed by atoms with van der Waals surface area (Å²) in [4.78, 5) is 8.75. The second kappa shape index (κ2) is 8.66. The van der Waals surface area contributed by atoms with E-state index in [1.54, 1.807) is 0 Å². The third-order valence-corrected chi connectivity index (χ3v) is 5.08. The molecule has 0 N–H and O–H groups in total. The molecule has 0 spiro atoms. The summed E-state index contributed by atoms with van der Waals surface area (Å²) in [5.74, 6) is 0. The van der Waals surface area contributed by atoms with Gasteiger partial charge in [-0.05, 0) is 71.9 Å². The molecular formula is C27H26N3+. The molecule has 0 aliphatic heterocycles. The SMILES string of the molecule is C.C=Cc1cc(C=C)cc(C=Nc2ccc3cc4ccc(N=C)cc4[n+](C)c3c2)c1. The highest BCUT2D eigenvalue weighted by Gasteiger charge is 2.12. The van der Waals surface area contributed by atoms with E-state index in [1.165, 1.54) is 10.8 Å².